The number of hydrogen-bond acceptors (Lipinski definition) is 5. The van der Waals surface area contributed by atoms with Crippen molar-refractivity contribution in [2.45, 2.75) is 18.9 Å². The Morgan fingerprint density at radius 2 is 2.12 bits per heavy atom. The second-order valence-electron chi connectivity index (χ2n) is 6.28. The molecule has 1 aromatic carbocycles. The summed E-state index contributed by atoms with van der Waals surface area (Å²) in [5, 5.41) is 3.13. The molecule has 1 aliphatic rings. The van der Waals surface area contributed by atoms with E-state index in [1.54, 1.807) is 37.4 Å². The standard InChI is InChI=1S/C18H18ClN5O2/c1-18(9-15(25)24(2)17(20)23-18)12-4-3-5-13(8-12)22-16(26)11-6-7-14(19)21-10-11/h3-8,10H,9H2,1-2H3,(H2,20,23)(H,22,26). The molecule has 1 aromatic heterocycles. The number of guanidine groups is 1. The number of anilines is 1. The molecule has 0 radical (unpaired) electrons. The Labute approximate surface area is 155 Å². The van der Waals surface area contributed by atoms with Gasteiger partial charge in [-0.3, -0.25) is 14.5 Å². The van der Waals surface area contributed by atoms with E-state index in [4.69, 9.17) is 17.3 Å². The second-order valence-corrected chi connectivity index (χ2v) is 6.67. The van der Waals surface area contributed by atoms with Crippen LogP contribution in [0.25, 0.3) is 0 Å². The number of carbonyl (C=O) groups excluding carboxylic acids is 2. The number of rotatable bonds is 3. The molecule has 3 N–H and O–H groups in total. The van der Waals surface area contributed by atoms with Crippen molar-refractivity contribution >= 4 is 35.1 Å². The van der Waals surface area contributed by atoms with E-state index in [9.17, 15) is 9.59 Å². The van der Waals surface area contributed by atoms with E-state index in [0.717, 1.165) is 5.56 Å². The highest BCUT2D eigenvalue weighted by atomic mass is 35.5. The first kappa shape index (κ1) is 17.9. The molecule has 26 heavy (non-hydrogen) atoms. The Morgan fingerprint density at radius 1 is 1.35 bits per heavy atom. The summed E-state index contributed by atoms with van der Waals surface area (Å²) in [6.07, 6.45) is 1.60. The smallest absolute Gasteiger partial charge is 0.257 e. The number of aliphatic imine (C=N–C) groups is 1. The minimum Gasteiger partial charge on any atom is -0.369 e. The number of nitrogens with one attached hydrogen (secondary N) is 1. The van der Waals surface area contributed by atoms with Gasteiger partial charge in [-0.05, 0) is 36.8 Å². The van der Waals surface area contributed by atoms with Crippen LogP contribution in [-0.2, 0) is 10.3 Å². The van der Waals surface area contributed by atoms with Gasteiger partial charge >= 0.3 is 0 Å². The van der Waals surface area contributed by atoms with Crippen LogP contribution in [0.1, 0.15) is 29.3 Å². The van der Waals surface area contributed by atoms with Crippen LogP contribution in [0.2, 0.25) is 5.15 Å². The lowest BCUT2D eigenvalue weighted by Gasteiger charge is -2.33. The van der Waals surface area contributed by atoms with Crippen molar-refractivity contribution in [1.29, 1.82) is 0 Å². The van der Waals surface area contributed by atoms with Gasteiger partial charge in [0.2, 0.25) is 5.91 Å². The average molecular weight is 372 g/mol. The van der Waals surface area contributed by atoms with Gasteiger partial charge in [-0.2, -0.15) is 0 Å². The Morgan fingerprint density at radius 3 is 2.77 bits per heavy atom. The number of benzene rings is 1. The van der Waals surface area contributed by atoms with Gasteiger partial charge in [0.05, 0.1) is 17.5 Å². The first-order valence-electron chi connectivity index (χ1n) is 7.94. The Balaban J connectivity index is 1.85. The molecule has 2 amide bonds. The van der Waals surface area contributed by atoms with E-state index < -0.39 is 5.54 Å². The molecule has 0 fully saturated rings. The topological polar surface area (TPSA) is 101 Å². The molecule has 0 saturated carbocycles. The molecular formula is C18H18ClN5O2. The molecule has 2 heterocycles. The van der Waals surface area contributed by atoms with Crippen molar-refractivity contribution in [1.82, 2.24) is 9.88 Å². The third kappa shape index (κ3) is 3.52. The Hall–Kier alpha value is -2.93. The van der Waals surface area contributed by atoms with Crippen molar-refractivity contribution in [3.05, 3.63) is 58.9 Å². The van der Waals surface area contributed by atoms with E-state index in [0.29, 0.717) is 16.4 Å². The first-order valence-corrected chi connectivity index (χ1v) is 8.32. The number of pyridine rings is 1. The molecule has 1 aliphatic heterocycles. The average Bonchev–Trinajstić information content (AvgIpc) is 2.60. The number of halogens is 1. The molecule has 8 heteroatoms. The maximum atomic E-state index is 12.3. The van der Waals surface area contributed by atoms with Crippen LogP contribution in [0.15, 0.2) is 47.6 Å². The lowest BCUT2D eigenvalue weighted by atomic mass is 9.87. The maximum absolute atomic E-state index is 12.3. The van der Waals surface area contributed by atoms with Crippen LogP contribution in [0, 0.1) is 0 Å². The van der Waals surface area contributed by atoms with Gasteiger partial charge in [0.25, 0.3) is 5.91 Å². The van der Waals surface area contributed by atoms with Crippen LogP contribution in [-0.4, -0.2) is 34.7 Å². The molecule has 0 aliphatic carbocycles. The highest BCUT2D eigenvalue weighted by molar-refractivity contribution is 6.29. The third-order valence-electron chi connectivity index (χ3n) is 4.31. The van der Waals surface area contributed by atoms with E-state index in [1.165, 1.54) is 11.1 Å². The summed E-state index contributed by atoms with van der Waals surface area (Å²) in [5.41, 5.74) is 6.84. The molecule has 7 nitrogen and oxygen atoms in total. The number of amides is 2. The molecule has 0 saturated heterocycles. The lowest BCUT2D eigenvalue weighted by molar-refractivity contribution is -0.128. The molecule has 2 aromatic rings. The van der Waals surface area contributed by atoms with Gasteiger partial charge in [-0.1, -0.05) is 23.7 Å². The normalized spacial score (nSPS) is 19.9. The van der Waals surface area contributed by atoms with E-state index in [-0.39, 0.29) is 24.2 Å². The summed E-state index contributed by atoms with van der Waals surface area (Å²) in [5.74, 6) is -0.244. The molecule has 0 bridgehead atoms. The maximum Gasteiger partial charge on any atom is 0.257 e. The third-order valence-corrected chi connectivity index (χ3v) is 4.53. The summed E-state index contributed by atoms with van der Waals surface area (Å²) >= 11 is 5.74. The predicted octanol–water partition coefficient (Wildman–Crippen LogP) is 2.38. The summed E-state index contributed by atoms with van der Waals surface area (Å²) in [6.45, 7) is 1.84. The van der Waals surface area contributed by atoms with Crippen molar-refractivity contribution in [2.24, 2.45) is 10.7 Å². The van der Waals surface area contributed by atoms with Crippen LogP contribution in [0.3, 0.4) is 0 Å². The van der Waals surface area contributed by atoms with Gasteiger partial charge in [-0.15, -0.1) is 0 Å². The zero-order valence-electron chi connectivity index (χ0n) is 14.4. The highest BCUT2D eigenvalue weighted by Crippen LogP contribution is 2.34. The predicted molar refractivity (Wildman–Crippen MR) is 100 cm³/mol. The van der Waals surface area contributed by atoms with E-state index >= 15 is 0 Å². The van der Waals surface area contributed by atoms with Gasteiger partial charge in [-0.25, -0.2) is 9.98 Å². The number of carbonyl (C=O) groups is 2. The molecule has 3 rings (SSSR count). The number of hydrogen-bond donors (Lipinski definition) is 2. The molecule has 0 spiro atoms. The summed E-state index contributed by atoms with van der Waals surface area (Å²) in [4.78, 5) is 34.2. The van der Waals surface area contributed by atoms with Gasteiger partial charge in [0, 0.05) is 18.9 Å². The Kier molecular flexibility index (Phi) is 4.65. The molecule has 1 unspecified atom stereocenters. The fourth-order valence-electron chi connectivity index (χ4n) is 2.72. The summed E-state index contributed by atoms with van der Waals surface area (Å²) in [7, 11) is 1.59. The number of aromatic nitrogens is 1. The molecule has 1 atom stereocenters. The fourth-order valence-corrected chi connectivity index (χ4v) is 2.83. The minimum atomic E-state index is -0.782. The van der Waals surface area contributed by atoms with Crippen molar-refractivity contribution in [2.75, 3.05) is 12.4 Å². The van der Waals surface area contributed by atoms with Crippen LogP contribution < -0.4 is 11.1 Å². The second kappa shape index (κ2) is 6.76. The Bertz CT molecular complexity index is 897. The highest BCUT2D eigenvalue weighted by Gasteiger charge is 2.36. The SMILES string of the molecule is CN1C(=O)CC(C)(c2cccc(NC(=O)c3ccc(Cl)nc3)c2)N=C1N. The summed E-state index contributed by atoms with van der Waals surface area (Å²) in [6, 6.07) is 10.3. The van der Waals surface area contributed by atoms with E-state index in [1.807, 2.05) is 13.0 Å². The van der Waals surface area contributed by atoms with Crippen LogP contribution in [0.5, 0.6) is 0 Å². The number of nitrogens with two attached hydrogens (primary N) is 1. The molecular weight excluding hydrogens is 354 g/mol. The summed E-state index contributed by atoms with van der Waals surface area (Å²) < 4.78 is 0. The molecule has 134 valence electrons. The van der Waals surface area contributed by atoms with Crippen molar-refractivity contribution in [3.8, 4) is 0 Å². The zero-order chi connectivity index (χ0) is 18.9. The van der Waals surface area contributed by atoms with Gasteiger partial charge in [0.1, 0.15) is 5.15 Å². The van der Waals surface area contributed by atoms with Crippen molar-refractivity contribution in [3.63, 3.8) is 0 Å². The minimum absolute atomic E-state index is 0.110. The quantitative estimate of drug-likeness (QED) is 0.809. The van der Waals surface area contributed by atoms with Gasteiger partial charge in [0.15, 0.2) is 5.96 Å². The zero-order valence-corrected chi connectivity index (χ0v) is 15.1. The first-order chi connectivity index (χ1) is 12.3. The van der Waals surface area contributed by atoms with Gasteiger partial charge < -0.3 is 11.1 Å². The lowest BCUT2D eigenvalue weighted by Crippen LogP contribution is -2.47. The fraction of sp³-hybridized carbons (Fsp3) is 0.222. The van der Waals surface area contributed by atoms with E-state index in [2.05, 4.69) is 15.3 Å². The number of nitrogens with zero attached hydrogens (tertiary/aromatic N) is 3. The van der Waals surface area contributed by atoms with Crippen LogP contribution >= 0.6 is 11.6 Å². The monoisotopic (exact) mass is 371 g/mol. The largest absolute Gasteiger partial charge is 0.369 e. The van der Waals surface area contributed by atoms with Crippen molar-refractivity contribution < 1.29 is 9.59 Å². The van der Waals surface area contributed by atoms with Crippen LogP contribution in [0.4, 0.5) is 5.69 Å².